The van der Waals surface area contributed by atoms with E-state index in [2.05, 4.69) is 17.5 Å². The number of halogens is 1. The molecule has 11 heteroatoms. The third-order valence-corrected chi connectivity index (χ3v) is 11.3. The van der Waals surface area contributed by atoms with Gasteiger partial charge in [0.05, 0.1) is 30.0 Å². The van der Waals surface area contributed by atoms with Gasteiger partial charge in [0.25, 0.3) is 5.91 Å². The van der Waals surface area contributed by atoms with Crippen molar-refractivity contribution >= 4 is 62.0 Å². The lowest BCUT2D eigenvalue weighted by atomic mass is 9.79. The van der Waals surface area contributed by atoms with E-state index < -0.39 is 10.0 Å². The summed E-state index contributed by atoms with van der Waals surface area (Å²) in [6, 6.07) is 12.4. The summed E-state index contributed by atoms with van der Waals surface area (Å²) in [7, 11) is -3.88. The molecular weight excluding hydrogens is 562 g/mol. The number of allylic oxidation sites excluding steroid dienone is 1. The van der Waals surface area contributed by atoms with Crippen molar-refractivity contribution in [3.05, 3.63) is 79.1 Å². The van der Waals surface area contributed by atoms with E-state index in [-0.39, 0.29) is 46.4 Å². The van der Waals surface area contributed by atoms with E-state index >= 15 is 0 Å². The number of fused-ring (bicyclic) bond motifs is 1. The van der Waals surface area contributed by atoms with E-state index in [1.807, 2.05) is 23.6 Å². The van der Waals surface area contributed by atoms with Crippen LogP contribution in [-0.4, -0.2) is 55.7 Å². The lowest BCUT2D eigenvalue weighted by Gasteiger charge is -2.29. The predicted molar refractivity (Wildman–Crippen MR) is 151 cm³/mol. The zero-order valence-corrected chi connectivity index (χ0v) is 23.7. The van der Waals surface area contributed by atoms with Crippen molar-refractivity contribution < 1.29 is 17.9 Å². The first kappa shape index (κ1) is 25.9. The number of hydrazone groups is 1. The Balaban J connectivity index is 1.39. The summed E-state index contributed by atoms with van der Waals surface area (Å²) < 4.78 is 33.4. The van der Waals surface area contributed by atoms with E-state index in [0.29, 0.717) is 13.2 Å². The van der Waals surface area contributed by atoms with Crippen LogP contribution in [0.1, 0.15) is 45.4 Å². The number of nitrogens with zero attached hydrogens (tertiary/aromatic N) is 3. The van der Waals surface area contributed by atoms with Crippen molar-refractivity contribution in [2.75, 3.05) is 26.3 Å². The van der Waals surface area contributed by atoms with Crippen LogP contribution >= 0.6 is 34.3 Å². The molecular formula is C27H26ClN3O4S3. The second-order valence-corrected chi connectivity index (χ2v) is 13.7. The summed E-state index contributed by atoms with van der Waals surface area (Å²) in [5.74, 6) is -0.253. The fourth-order valence-electron chi connectivity index (χ4n) is 5.34. The van der Waals surface area contributed by atoms with Crippen LogP contribution in [0.3, 0.4) is 0 Å². The van der Waals surface area contributed by atoms with Crippen LogP contribution in [0.15, 0.2) is 68.8 Å². The minimum atomic E-state index is -3.88. The lowest BCUT2D eigenvalue weighted by molar-refractivity contribution is 0.0683. The van der Waals surface area contributed by atoms with Gasteiger partial charge in [-0.25, -0.2) is 13.4 Å². The smallest absolute Gasteiger partial charge is 0.274 e. The minimum Gasteiger partial charge on any atom is -0.379 e. The van der Waals surface area contributed by atoms with Crippen LogP contribution in [0.25, 0.3) is 6.08 Å². The molecule has 198 valence electrons. The van der Waals surface area contributed by atoms with Crippen molar-refractivity contribution in [3.63, 3.8) is 0 Å². The fraction of sp³-hybridized carbons (Fsp3) is 0.333. The molecule has 1 saturated heterocycles. The van der Waals surface area contributed by atoms with Crippen LogP contribution in [-0.2, 0) is 14.8 Å². The first-order valence-electron chi connectivity index (χ1n) is 12.5. The summed E-state index contributed by atoms with van der Waals surface area (Å²) >= 11 is 9.65. The molecule has 2 aromatic heterocycles. The van der Waals surface area contributed by atoms with Gasteiger partial charge in [-0.2, -0.15) is 9.41 Å². The third kappa shape index (κ3) is 4.78. The van der Waals surface area contributed by atoms with Gasteiger partial charge in [-0.1, -0.05) is 23.7 Å². The lowest BCUT2D eigenvalue weighted by Crippen LogP contribution is -2.40. The molecule has 1 aromatic carbocycles. The summed E-state index contributed by atoms with van der Waals surface area (Å²) in [5, 5.41) is 10.6. The number of hydrogen-bond donors (Lipinski definition) is 0. The largest absolute Gasteiger partial charge is 0.379 e. The van der Waals surface area contributed by atoms with Gasteiger partial charge in [-0.3, -0.25) is 4.79 Å². The van der Waals surface area contributed by atoms with Gasteiger partial charge >= 0.3 is 0 Å². The summed E-state index contributed by atoms with van der Waals surface area (Å²) in [5.41, 5.74) is 2.35. The molecule has 1 amide bonds. The molecule has 38 heavy (non-hydrogen) atoms. The number of thiophene rings is 2. The van der Waals surface area contributed by atoms with Gasteiger partial charge in [-0.05, 0) is 72.0 Å². The number of carbonyl (C=O) groups is 1. The standard InChI is InChI=1S/C27H26ClN3O4S3/c28-22-9-8-19(17-24(22)38(33,34)30-10-12-35-13-11-30)27(32)31-26(23-7-3-15-37-23)21-6-1-4-18(25(21)29-31)16-20-5-2-14-36-20/h2-3,5,7-9,14-17,21,26H,1,4,6,10-13H2/b18-16+/t21-,26-/m1/s1. The second-order valence-electron chi connectivity index (χ2n) is 9.44. The molecule has 0 bridgehead atoms. The molecule has 2 atom stereocenters. The highest BCUT2D eigenvalue weighted by atomic mass is 35.5. The molecule has 0 unspecified atom stereocenters. The molecule has 6 rings (SSSR count). The average Bonchev–Trinajstić information content (AvgIpc) is 3.70. The van der Waals surface area contributed by atoms with Crippen molar-refractivity contribution in [1.82, 2.24) is 9.31 Å². The van der Waals surface area contributed by atoms with Crippen LogP contribution < -0.4 is 0 Å². The van der Waals surface area contributed by atoms with E-state index in [0.717, 1.165) is 40.3 Å². The molecule has 2 aliphatic heterocycles. The number of sulfonamides is 1. The topological polar surface area (TPSA) is 79.3 Å². The molecule has 1 saturated carbocycles. The first-order chi connectivity index (χ1) is 18.4. The van der Waals surface area contributed by atoms with Crippen LogP contribution in [0, 0.1) is 5.92 Å². The highest BCUT2D eigenvalue weighted by Crippen LogP contribution is 2.46. The SMILES string of the molecule is O=C(c1ccc(Cl)c(S(=O)(=O)N2CCOCC2)c1)N1N=C2/C(=C/c3cccs3)CCC[C@H]2[C@@H]1c1cccs1. The first-order valence-corrected chi connectivity index (χ1v) is 16.1. The van der Waals surface area contributed by atoms with Crippen LogP contribution in [0.5, 0.6) is 0 Å². The Morgan fingerprint density at radius 2 is 1.89 bits per heavy atom. The van der Waals surface area contributed by atoms with Gasteiger partial charge in [-0.15, -0.1) is 22.7 Å². The van der Waals surface area contributed by atoms with E-state index in [9.17, 15) is 13.2 Å². The highest BCUT2D eigenvalue weighted by molar-refractivity contribution is 7.89. The molecule has 0 radical (unpaired) electrons. The predicted octanol–water partition coefficient (Wildman–Crippen LogP) is 5.92. The number of hydrogen-bond acceptors (Lipinski definition) is 7. The monoisotopic (exact) mass is 587 g/mol. The molecule has 0 spiro atoms. The van der Waals surface area contributed by atoms with E-state index in [1.54, 1.807) is 33.7 Å². The summed E-state index contributed by atoms with van der Waals surface area (Å²) in [6.07, 6.45) is 5.05. The maximum absolute atomic E-state index is 14.0. The molecule has 3 aliphatic rings. The highest BCUT2D eigenvalue weighted by Gasteiger charge is 2.44. The summed E-state index contributed by atoms with van der Waals surface area (Å²) in [6.45, 7) is 1.15. The Kier molecular flexibility index (Phi) is 7.28. The quantitative estimate of drug-likeness (QED) is 0.371. The molecule has 7 nitrogen and oxygen atoms in total. The Labute approximate surface area is 235 Å². The van der Waals surface area contributed by atoms with Gasteiger partial charge in [0.15, 0.2) is 0 Å². The van der Waals surface area contributed by atoms with E-state index in [1.165, 1.54) is 16.4 Å². The van der Waals surface area contributed by atoms with Gasteiger partial charge in [0.2, 0.25) is 10.0 Å². The van der Waals surface area contributed by atoms with Crippen molar-refractivity contribution in [2.45, 2.75) is 30.2 Å². The van der Waals surface area contributed by atoms with Crippen molar-refractivity contribution in [1.29, 1.82) is 0 Å². The van der Waals surface area contributed by atoms with Crippen molar-refractivity contribution in [2.24, 2.45) is 11.0 Å². The number of benzene rings is 1. The van der Waals surface area contributed by atoms with Crippen LogP contribution in [0.2, 0.25) is 5.02 Å². The third-order valence-electron chi connectivity index (χ3n) is 7.17. The number of rotatable bonds is 5. The normalized spacial score (nSPS) is 23.4. The van der Waals surface area contributed by atoms with Gasteiger partial charge in [0, 0.05) is 34.3 Å². The Morgan fingerprint density at radius 3 is 2.63 bits per heavy atom. The number of carbonyl (C=O) groups excluding carboxylic acids is 1. The Bertz CT molecular complexity index is 1490. The number of ether oxygens (including phenoxy) is 1. The zero-order chi connectivity index (χ0) is 26.3. The Morgan fingerprint density at radius 1 is 1.11 bits per heavy atom. The zero-order valence-electron chi connectivity index (χ0n) is 20.5. The maximum atomic E-state index is 14.0. The maximum Gasteiger partial charge on any atom is 0.274 e. The van der Waals surface area contributed by atoms with Gasteiger partial charge in [0.1, 0.15) is 4.90 Å². The summed E-state index contributed by atoms with van der Waals surface area (Å²) in [4.78, 5) is 16.2. The van der Waals surface area contributed by atoms with E-state index in [4.69, 9.17) is 21.4 Å². The molecule has 4 heterocycles. The Hall–Kier alpha value is -2.34. The number of morpholine rings is 1. The average molecular weight is 588 g/mol. The molecule has 1 aliphatic carbocycles. The molecule has 0 N–H and O–H groups in total. The minimum absolute atomic E-state index is 0.0675. The fourth-order valence-corrected chi connectivity index (χ4v) is 8.81. The molecule has 3 aromatic rings. The van der Waals surface area contributed by atoms with Crippen molar-refractivity contribution in [3.8, 4) is 0 Å². The molecule has 2 fully saturated rings. The second kappa shape index (κ2) is 10.7. The number of amides is 1. The van der Waals surface area contributed by atoms with Gasteiger partial charge < -0.3 is 4.74 Å². The van der Waals surface area contributed by atoms with Crippen LogP contribution in [0.4, 0.5) is 0 Å².